The van der Waals surface area contributed by atoms with E-state index in [1.807, 2.05) is 0 Å². The molecule has 0 atom stereocenters. The number of nitrogens with one attached hydrogen (secondary N) is 1. The molecule has 1 amide bonds. The second-order valence-corrected chi connectivity index (χ2v) is 0.842. The van der Waals surface area contributed by atoms with Gasteiger partial charge >= 0.3 is 6.43 Å². The predicted octanol–water partition coefficient (Wildman–Crippen LogP) is 0.159. The molecule has 0 aromatic heterocycles. The molecule has 1 radical (unpaired) electrons. The molecule has 4 heteroatoms. The van der Waals surface area contributed by atoms with Crippen molar-refractivity contribution in [1.29, 1.82) is 0 Å². The van der Waals surface area contributed by atoms with E-state index in [-0.39, 0.29) is 0 Å². The first kappa shape index (κ1) is 6.33. The molecule has 0 aliphatic rings. The molecule has 0 aromatic carbocycles. The number of amides is 1. The van der Waals surface area contributed by atoms with Gasteiger partial charge in [-0.05, 0) is 0 Å². The molecule has 0 aliphatic heterocycles. The van der Waals surface area contributed by atoms with Crippen LogP contribution in [-0.2, 0) is 4.79 Å². The molecule has 0 fully saturated rings. The van der Waals surface area contributed by atoms with Gasteiger partial charge in [0.25, 0.3) is 5.91 Å². The van der Waals surface area contributed by atoms with Crippen molar-refractivity contribution in [3.8, 4) is 0 Å². The van der Waals surface area contributed by atoms with Gasteiger partial charge < -0.3 is 5.32 Å². The molecule has 0 aromatic rings. The Kier molecular flexibility index (Phi) is 2.26. The zero-order valence-corrected chi connectivity index (χ0v) is 3.45. The van der Waals surface area contributed by atoms with E-state index >= 15 is 0 Å². The average molecular weight is 108 g/mol. The van der Waals surface area contributed by atoms with Crippen LogP contribution in [0.4, 0.5) is 8.78 Å². The average Bonchev–Trinajstić information content (AvgIpc) is 1.65. The van der Waals surface area contributed by atoms with Gasteiger partial charge in [0, 0.05) is 7.05 Å². The van der Waals surface area contributed by atoms with Crippen LogP contribution in [0.25, 0.3) is 0 Å². The molecule has 0 aliphatic carbocycles. The molecule has 1 N–H and O–H groups in total. The van der Waals surface area contributed by atoms with Crippen LogP contribution in [0, 0.1) is 7.05 Å². The maximum atomic E-state index is 11.0. The smallest absolute Gasteiger partial charge is 0.315 e. The van der Waals surface area contributed by atoms with Gasteiger partial charge in [-0.1, -0.05) is 0 Å². The monoisotopic (exact) mass is 108 g/mol. The van der Waals surface area contributed by atoms with Crippen LogP contribution in [0.15, 0.2) is 0 Å². The minimum absolute atomic E-state index is 1.35. The summed E-state index contributed by atoms with van der Waals surface area (Å²) >= 11 is 0. The fourth-order valence-corrected chi connectivity index (χ4v) is 0.0772. The molecule has 0 unspecified atom stereocenters. The number of rotatable bonds is 1. The molecule has 0 spiro atoms. The van der Waals surface area contributed by atoms with E-state index in [9.17, 15) is 13.6 Å². The number of halogens is 2. The van der Waals surface area contributed by atoms with Crippen molar-refractivity contribution >= 4 is 5.91 Å². The van der Waals surface area contributed by atoms with E-state index in [4.69, 9.17) is 0 Å². The lowest BCUT2D eigenvalue weighted by Crippen LogP contribution is -2.23. The number of hydrogen-bond donors (Lipinski definition) is 1. The summed E-state index contributed by atoms with van der Waals surface area (Å²) in [5.74, 6) is -1.35. The molecule has 0 bridgehead atoms. The zero-order chi connectivity index (χ0) is 5.86. The Bertz CT molecular complexity index is 73.3. The van der Waals surface area contributed by atoms with E-state index in [0.29, 0.717) is 0 Å². The molecule has 41 valence electrons. The molecule has 0 rings (SSSR count). The van der Waals surface area contributed by atoms with Gasteiger partial charge in [-0.15, -0.1) is 0 Å². The summed E-state index contributed by atoms with van der Waals surface area (Å²) in [5.41, 5.74) is 0. The Morgan fingerprint density at radius 3 is 2.14 bits per heavy atom. The van der Waals surface area contributed by atoms with E-state index in [0.717, 1.165) is 0 Å². The highest BCUT2D eigenvalue weighted by Gasteiger charge is 2.10. The quantitative estimate of drug-likeness (QED) is 0.509. The van der Waals surface area contributed by atoms with Crippen LogP contribution in [0.3, 0.4) is 0 Å². The SMILES string of the molecule is [CH2]NC(=O)C(F)F. The topological polar surface area (TPSA) is 29.1 Å². The highest BCUT2D eigenvalue weighted by atomic mass is 19.3. The van der Waals surface area contributed by atoms with Crippen LogP contribution in [-0.4, -0.2) is 12.3 Å². The van der Waals surface area contributed by atoms with Gasteiger partial charge in [-0.2, -0.15) is 8.78 Å². The van der Waals surface area contributed by atoms with Crippen molar-refractivity contribution < 1.29 is 13.6 Å². The summed E-state index contributed by atoms with van der Waals surface area (Å²) < 4.78 is 22.0. The summed E-state index contributed by atoms with van der Waals surface area (Å²) in [5, 5.41) is 1.53. The molecule has 2 nitrogen and oxygen atoms in total. The summed E-state index contributed by atoms with van der Waals surface area (Å²) in [6, 6.07) is 0. The second kappa shape index (κ2) is 2.49. The zero-order valence-electron chi connectivity index (χ0n) is 3.45. The third kappa shape index (κ3) is 2.08. The van der Waals surface area contributed by atoms with Crippen LogP contribution >= 0.6 is 0 Å². The van der Waals surface area contributed by atoms with Crippen molar-refractivity contribution in [1.82, 2.24) is 5.32 Å². The molecular weight excluding hydrogens is 104 g/mol. The summed E-state index contributed by atoms with van der Waals surface area (Å²) in [6.45, 7) is 0. The maximum absolute atomic E-state index is 11.0. The third-order valence-electron chi connectivity index (χ3n) is 0.372. The molecule has 0 saturated carbocycles. The van der Waals surface area contributed by atoms with Crippen LogP contribution in [0.5, 0.6) is 0 Å². The Labute approximate surface area is 39.5 Å². The predicted molar refractivity (Wildman–Crippen MR) is 19.5 cm³/mol. The van der Waals surface area contributed by atoms with Crippen molar-refractivity contribution in [3.63, 3.8) is 0 Å². The van der Waals surface area contributed by atoms with Gasteiger partial charge in [0.1, 0.15) is 0 Å². The number of hydrogen-bond acceptors (Lipinski definition) is 1. The molecular formula is C3H4F2NO. The molecule has 7 heavy (non-hydrogen) atoms. The Morgan fingerprint density at radius 2 is 2.14 bits per heavy atom. The van der Waals surface area contributed by atoms with Crippen LogP contribution in [0.1, 0.15) is 0 Å². The standard InChI is InChI=1S/C3H4F2NO/c1-6-3(7)2(4)5/h2H,1H2,(H,6,7). The highest BCUT2D eigenvalue weighted by molar-refractivity contribution is 5.79. The summed E-state index contributed by atoms with van der Waals surface area (Å²) in [4.78, 5) is 9.59. The minimum Gasteiger partial charge on any atom is -0.349 e. The minimum atomic E-state index is -2.95. The number of alkyl halides is 2. The van der Waals surface area contributed by atoms with Crippen LogP contribution in [0.2, 0.25) is 0 Å². The number of carbonyl (C=O) groups is 1. The maximum Gasteiger partial charge on any atom is 0.315 e. The van der Waals surface area contributed by atoms with E-state index in [1.165, 1.54) is 5.32 Å². The van der Waals surface area contributed by atoms with Crippen molar-refractivity contribution in [3.05, 3.63) is 7.05 Å². The molecule has 0 saturated heterocycles. The van der Waals surface area contributed by atoms with Crippen molar-refractivity contribution in [2.75, 3.05) is 0 Å². The van der Waals surface area contributed by atoms with Crippen molar-refractivity contribution in [2.24, 2.45) is 0 Å². The first-order valence-electron chi connectivity index (χ1n) is 1.53. The Balaban J connectivity index is 3.35. The lowest BCUT2D eigenvalue weighted by Gasteiger charge is -1.91. The van der Waals surface area contributed by atoms with E-state index in [2.05, 4.69) is 7.05 Å². The van der Waals surface area contributed by atoms with Gasteiger partial charge in [-0.25, -0.2) is 0 Å². The van der Waals surface area contributed by atoms with Crippen LogP contribution < -0.4 is 5.32 Å². The van der Waals surface area contributed by atoms with Gasteiger partial charge in [-0.3, -0.25) is 4.79 Å². The third-order valence-corrected chi connectivity index (χ3v) is 0.372. The first-order chi connectivity index (χ1) is 3.18. The largest absolute Gasteiger partial charge is 0.349 e. The summed E-state index contributed by atoms with van der Waals surface area (Å²) in [7, 11) is 2.73. The number of carbonyl (C=O) groups excluding carboxylic acids is 1. The lowest BCUT2D eigenvalue weighted by atomic mass is 10.6. The van der Waals surface area contributed by atoms with Gasteiger partial charge in [0.05, 0.1) is 0 Å². The lowest BCUT2D eigenvalue weighted by molar-refractivity contribution is -0.130. The Morgan fingerprint density at radius 1 is 1.71 bits per heavy atom. The van der Waals surface area contributed by atoms with E-state index in [1.54, 1.807) is 0 Å². The first-order valence-corrected chi connectivity index (χ1v) is 1.53. The van der Waals surface area contributed by atoms with Crippen molar-refractivity contribution in [2.45, 2.75) is 6.43 Å². The van der Waals surface area contributed by atoms with Gasteiger partial charge in [0.15, 0.2) is 0 Å². The molecule has 0 heterocycles. The fourth-order valence-electron chi connectivity index (χ4n) is 0.0772. The fraction of sp³-hybridized carbons (Fsp3) is 0.333. The Hall–Kier alpha value is -0.670. The summed E-state index contributed by atoms with van der Waals surface area (Å²) in [6.07, 6.45) is -2.95. The van der Waals surface area contributed by atoms with E-state index < -0.39 is 12.3 Å². The second-order valence-electron chi connectivity index (χ2n) is 0.842. The normalized spacial score (nSPS) is 9.14. The highest BCUT2D eigenvalue weighted by Crippen LogP contribution is 1.88. The van der Waals surface area contributed by atoms with Gasteiger partial charge in [0.2, 0.25) is 0 Å².